The van der Waals surface area contributed by atoms with Crippen molar-refractivity contribution in [3.8, 4) is 0 Å². The van der Waals surface area contributed by atoms with Crippen molar-refractivity contribution < 1.29 is 0 Å². The third-order valence-corrected chi connectivity index (χ3v) is 5.52. The van der Waals surface area contributed by atoms with Gasteiger partial charge in [0, 0.05) is 18.6 Å². The number of rotatable bonds is 6. The summed E-state index contributed by atoms with van der Waals surface area (Å²) >= 11 is 9.73. The average Bonchev–Trinajstić information content (AvgIpc) is 2.48. The molecule has 0 aliphatic carbocycles. The predicted octanol–water partition coefficient (Wildman–Crippen LogP) is 6.10. The minimum absolute atomic E-state index is 0.313. The number of halogens is 3. The van der Waals surface area contributed by atoms with E-state index in [1.165, 1.54) is 23.6 Å². The van der Waals surface area contributed by atoms with E-state index in [9.17, 15) is 0 Å². The quantitative estimate of drug-likeness (QED) is 0.452. The minimum atomic E-state index is 0.313. The highest BCUT2D eigenvalue weighted by Gasteiger charge is 2.16. The van der Waals surface area contributed by atoms with Crippen molar-refractivity contribution in [3.05, 3.63) is 66.1 Å². The summed E-state index contributed by atoms with van der Waals surface area (Å²) in [5.74, 6) is 0. The molecule has 1 nitrogen and oxygen atoms in total. The molecule has 0 aromatic heterocycles. The third-order valence-electron chi connectivity index (χ3n) is 3.36. The summed E-state index contributed by atoms with van der Waals surface area (Å²) in [6.07, 6.45) is 2.11. The Hall–Kier alpha value is 0.0900. The smallest absolute Gasteiger partial charge is 0.0372 e. The molecular weight excluding hydrogens is 505 g/mol. The van der Waals surface area contributed by atoms with E-state index in [0.29, 0.717) is 6.04 Å². The maximum absolute atomic E-state index is 3.70. The Morgan fingerprint density at radius 3 is 2.57 bits per heavy atom. The molecule has 0 spiro atoms. The fourth-order valence-corrected chi connectivity index (χ4v) is 3.76. The maximum Gasteiger partial charge on any atom is 0.0372 e. The molecule has 2 aromatic carbocycles. The van der Waals surface area contributed by atoms with Crippen LogP contribution in [0.1, 0.15) is 30.5 Å². The summed E-state index contributed by atoms with van der Waals surface area (Å²) in [5.41, 5.74) is 2.66. The summed E-state index contributed by atoms with van der Waals surface area (Å²) < 4.78 is 3.61. The Morgan fingerprint density at radius 2 is 1.86 bits per heavy atom. The molecule has 4 heteroatoms. The standard InChI is InChI=1S/C17H18Br2IN/c1-2-9-21-17(10-12-5-3-4-6-15(12)18)14-11-13(20)7-8-16(14)19/h3-8,11,17,21H,2,9-10H2,1H3. The van der Waals surface area contributed by atoms with Gasteiger partial charge < -0.3 is 5.32 Å². The molecule has 0 radical (unpaired) electrons. The van der Waals surface area contributed by atoms with Crippen LogP contribution >= 0.6 is 54.5 Å². The first kappa shape index (κ1) is 17.4. The molecular formula is C17H18Br2IN. The average molecular weight is 523 g/mol. The van der Waals surface area contributed by atoms with Crippen LogP contribution in [-0.2, 0) is 6.42 Å². The molecule has 0 aliphatic heterocycles. The summed E-state index contributed by atoms with van der Waals surface area (Å²) in [6.45, 7) is 3.22. The lowest BCUT2D eigenvalue weighted by Gasteiger charge is -2.21. The zero-order valence-electron chi connectivity index (χ0n) is 11.9. The highest BCUT2D eigenvalue weighted by atomic mass is 127. The first-order chi connectivity index (χ1) is 10.1. The second-order valence-corrected chi connectivity index (χ2v) is 7.92. The topological polar surface area (TPSA) is 12.0 Å². The van der Waals surface area contributed by atoms with E-state index in [2.05, 4.69) is 109 Å². The molecule has 112 valence electrons. The van der Waals surface area contributed by atoms with Crippen molar-refractivity contribution in [1.29, 1.82) is 0 Å². The Kier molecular flexibility index (Phi) is 7.19. The number of nitrogens with one attached hydrogen (secondary N) is 1. The second kappa shape index (κ2) is 8.65. The van der Waals surface area contributed by atoms with Gasteiger partial charge >= 0.3 is 0 Å². The van der Waals surface area contributed by atoms with Crippen molar-refractivity contribution in [3.63, 3.8) is 0 Å². The molecule has 0 fully saturated rings. The van der Waals surface area contributed by atoms with E-state index < -0.39 is 0 Å². The zero-order chi connectivity index (χ0) is 15.2. The maximum atomic E-state index is 3.70. The fraction of sp³-hybridized carbons (Fsp3) is 0.294. The van der Waals surface area contributed by atoms with Crippen LogP contribution in [0.2, 0.25) is 0 Å². The Labute approximate surface area is 157 Å². The summed E-state index contributed by atoms with van der Waals surface area (Å²) in [6, 6.07) is 15.3. The highest BCUT2D eigenvalue weighted by molar-refractivity contribution is 14.1. The van der Waals surface area contributed by atoms with E-state index in [4.69, 9.17) is 0 Å². The van der Waals surface area contributed by atoms with Gasteiger partial charge in [-0.05, 0) is 77.4 Å². The molecule has 0 amide bonds. The van der Waals surface area contributed by atoms with Gasteiger partial charge in [0.05, 0.1) is 0 Å². The normalized spacial score (nSPS) is 12.4. The molecule has 2 rings (SSSR count). The van der Waals surface area contributed by atoms with Crippen LogP contribution < -0.4 is 5.32 Å². The van der Waals surface area contributed by atoms with Gasteiger partial charge in [-0.3, -0.25) is 0 Å². The summed E-state index contributed by atoms with van der Waals surface area (Å²) in [5, 5.41) is 3.68. The molecule has 0 aliphatic rings. The third kappa shape index (κ3) is 5.05. The minimum Gasteiger partial charge on any atom is -0.310 e. The SMILES string of the molecule is CCCNC(Cc1ccccc1Br)c1cc(I)ccc1Br. The van der Waals surface area contributed by atoms with Gasteiger partial charge in [0.2, 0.25) is 0 Å². The van der Waals surface area contributed by atoms with E-state index >= 15 is 0 Å². The summed E-state index contributed by atoms with van der Waals surface area (Å²) in [4.78, 5) is 0. The van der Waals surface area contributed by atoms with Crippen molar-refractivity contribution in [2.75, 3.05) is 6.54 Å². The Morgan fingerprint density at radius 1 is 1.10 bits per heavy atom. The van der Waals surface area contributed by atoms with Crippen molar-refractivity contribution >= 4 is 54.5 Å². The van der Waals surface area contributed by atoms with Crippen LogP contribution in [0.4, 0.5) is 0 Å². The molecule has 0 bridgehead atoms. The van der Waals surface area contributed by atoms with Gasteiger partial charge in [0.25, 0.3) is 0 Å². The molecule has 0 saturated carbocycles. The van der Waals surface area contributed by atoms with Gasteiger partial charge in [-0.25, -0.2) is 0 Å². The lowest BCUT2D eigenvalue weighted by Crippen LogP contribution is -2.24. The molecule has 1 unspecified atom stereocenters. The van der Waals surface area contributed by atoms with Gasteiger partial charge in [-0.2, -0.15) is 0 Å². The zero-order valence-corrected chi connectivity index (χ0v) is 17.2. The molecule has 21 heavy (non-hydrogen) atoms. The Balaban J connectivity index is 2.30. The lowest BCUT2D eigenvalue weighted by atomic mass is 9.98. The van der Waals surface area contributed by atoms with Crippen LogP contribution in [-0.4, -0.2) is 6.54 Å². The van der Waals surface area contributed by atoms with E-state index in [-0.39, 0.29) is 0 Å². The van der Waals surface area contributed by atoms with Crippen molar-refractivity contribution in [2.24, 2.45) is 0 Å². The monoisotopic (exact) mass is 521 g/mol. The van der Waals surface area contributed by atoms with Crippen LogP contribution in [0, 0.1) is 3.57 Å². The molecule has 1 N–H and O–H groups in total. The highest BCUT2D eigenvalue weighted by Crippen LogP contribution is 2.30. The number of hydrogen-bond acceptors (Lipinski definition) is 1. The molecule has 0 heterocycles. The first-order valence-electron chi connectivity index (χ1n) is 7.03. The largest absolute Gasteiger partial charge is 0.310 e. The van der Waals surface area contributed by atoms with Crippen LogP contribution in [0.3, 0.4) is 0 Å². The number of hydrogen-bond donors (Lipinski definition) is 1. The number of benzene rings is 2. The Bertz CT molecular complexity index is 601. The van der Waals surface area contributed by atoms with Crippen LogP contribution in [0.25, 0.3) is 0 Å². The predicted molar refractivity (Wildman–Crippen MR) is 106 cm³/mol. The fourth-order valence-electron chi connectivity index (χ4n) is 2.28. The van der Waals surface area contributed by atoms with Crippen molar-refractivity contribution in [1.82, 2.24) is 5.32 Å². The molecule has 0 saturated heterocycles. The van der Waals surface area contributed by atoms with Crippen LogP contribution in [0.15, 0.2) is 51.4 Å². The van der Waals surface area contributed by atoms with Gasteiger partial charge in [-0.15, -0.1) is 0 Å². The van der Waals surface area contributed by atoms with Gasteiger partial charge in [0.15, 0.2) is 0 Å². The van der Waals surface area contributed by atoms with E-state index in [0.717, 1.165) is 19.4 Å². The molecule has 1 atom stereocenters. The lowest BCUT2D eigenvalue weighted by molar-refractivity contribution is 0.527. The van der Waals surface area contributed by atoms with E-state index in [1.54, 1.807) is 0 Å². The van der Waals surface area contributed by atoms with Gasteiger partial charge in [-0.1, -0.05) is 57.0 Å². The van der Waals surface area contributed by atoms with Gasteiger partial charge in [0.1, 0.15) is 0 Å². The second-order valence-electron chi connectivity index (χ2n) is 4.97. The van der Waals surface area contributed by atoms with Crippen LogP contribution in [0.5, 0.6) is 0 Å². The first-order valence-corrected chi connectivity index (χ1v) is 9.70. The van der Waals surface area contributed by atoms with Crippen molar-refractivity contribution in [2.45, 2.75) is 25.8 Å². The van der Waals surface area contributed by atoms with E-state index in [1.807, 2.05) is 0 Å². The molecule has 2 aromatic rings. The summed E-state index contributed by atoms with van der Waals surface area (Å²) in [7, 11) is 0.